The number of rotatable bonds is 5. The Morgan fingerprint density at radius 2 is 1.62 bits per heavy atom. The van der Waals surface area contributed by atoms with Crippen LogP contribution in [0.15, 0.2) is 90.5 Å². The van der Waals surface area contributed by atoms with E-state index in [0.29, 0.717) is 5.75 Å². The largest absolute Gasteiger partial charge is 0.423 e. The van der Waals surface area contributed by atoms with Crippen molar-refractivity contribution in [2.24, 2.45) is 0 Å². The fourth-order valence-corrected chi connectivity index (χ4v) is 3.28. The van der Waals surface area contributed by atoms with Gasteiger partial charge in [0.2, 0.25) is 0 Å². The van der Waals surface area contributed by atoms with Crippen LogP contribution in [0.3, 0.4) is 0 Å². The van der Waals surface area contributed by atoms with Gasteiger partial charge >= 0.3 is 5.97 Å². The van der Waals surface area contributed by atoms with Gasteiger partial charge in [-0.1, -0.05) is 48.0 Å². The minimum absolute atomic E-state index is 0.367. The second kappa shape index (κ2) is 8.15. The van der Waals surface area contributed by atoms with E-state index in [1.165, 1.54) is 11.6 Å². The van der Waals surface area contributed by atoms with Crippen molar-refractivity contribution in [1.82, 2.24) is 9.55 Å². The average molecular weight is 382 g/mol. The van der Waals surface area contributed by atoms with Crippen LogP contribution < -0.4 is 4.74 Å². The van der Waals surface area contributed by atoms with Crippen LogP contribution in [0, 0.1) is 0 Å². The maximum Gasteiger partial charge on any atom is 0.336 e. The van der Waals surface area contributed by atoms with Gasteiger partial charge in [-0.05, 0) is 55.8 Å². The Labute approximate surface area is 170 Å². The van der Waals surface area contributed by atoms with E-state index in [1.54, 1.807) is 12.1 Å². The van der Waals surface area contributed by atoms with Crippen LogP contribution in [0.1, 0.15) is 19.4 Å². The first kappa shape index (κ1) is 18.7. The quantitative estimate of drug-likeness (QED) is 0.255. The predicted octanol–water partition coefficient (Wildman–Crippen LogP) is 5.62. The molecule has 4 nitrogen and oxygen atoms in total. The maximum absolute atomic E-state index is 11.8. The number of benzene rings is 3. The number of fused-ring (bicyclic) bond motifs is 1. The first-order chi connectivity index (χ1) is 14.1. The van der Waals surface area contributed by atoms with Gasteiger partial charge in [0, 0.05) is 18.2 Å². The normalized spacial score (nSPS) is 10.7. The minimum Gasteiger partial charge on any atom is -0.423 e. The highest BCUT2D eigenvalue weighted by molar-refractivity contribution is 5.85. The molecule has 0 amide bonds. The first-order valence-corrected chi connectivity index (χ1v) is 9.56. The molecule has 0 saturated heterocycles. The summed E-state index contributed by atoms with van der Waals surface area (Å²) in [5.41, 5.74) is 5.13. The van der Waals surface area contributed by atoms with E-state index >= 15 is 0 Å². The highest BCUT2D eigenvalue weighted by Crippen LogP contribution is 2.27. The molecule has 0 fully saturated rings. The van der Waals surface area contributed by atoms with Crippen LogP contribution in [-0.2, 0) is 11.3 Å². The van der Waals surface area contributed by atoms with Crippen LogP contribution in [0.5, 0.6) is 5.75 Å². The molecule has 0 N–H and O–H groups in total. The summed E-state index contributed by atoms with van der Waals surface area (Å²) in [7, 11) is 0. The minimum atomic E-state index is -0.367. The number of hydrogen-bond donors (Lipinski definition) is 0. The number of hydrogen-bond acceptors (Lipinski definition) is 3. The smallest absolute Gasteiger partial charge is 0.336 e. The number of ether oxygens (including phenoxy) is 1. The van der Waals surface area contributed by atoms with Crippen molar-refractivity contribution in [3.63, 3.8) is 0 Å². The monoisotopic (exact) mass is 382 g/mol. The summed E-state index contributed by atoms with van der Waals surface area (Å²) in [6.45, 7) is 4.46. The van der Waals surface area contributed by atoms with Crippen LogP contribution in [-0.4, -0.2) is 15.5 Å². The molecular weight excluding hydrogens is 360 g/mol. The van der Waals surface area contributed by atoms with E-state index in [9.17, 15) is 4.79 Å². The van der Waals surface area contributed by atoms with Crippen LogP contribution in [0.25, 0.3) is 22.4 Å². The Bertz CT molecular complexity index is 1170. The lowest BCUT2D eigenvalue weighted by Crippen LogP contribution is -2.05. The molecular formula is C25H22N2O2. The molecule has 0 bridgehead atoms. The summed E-state index contributed by atoms with van der Waals surface area (Å²) in [6.07, 6.45) is 1.48. The number of nitrogens with zero attached hydrogens (tertiary/aromatic N) is 2. The second-order valence-electron chi connectivity index (χ2n) is 7.16. The van der Waals surface area contributed by atoms with Gasteiger partial charge in [-0.3, -0.25) is 0 Å². The molecule has 3 aromatic carbocycles. The summed E-state index contributed by atoms with van der Waals surface area (Å²) in [4.78, 5) is 16.7. The molecule has 0 atom stereocenters. The van der Waals surface area contributed by atoms with Crippen molar-refractivity contribution in [3.8, 4) is 17.1 Å². The Kier molecular flexibility index (Phi) is 5.25. The lowest BCUT2D eigenvalue weighted by atomic mass is 10.2. The van der Waals surface area contributed by atoms with Crippen LogP contribution >= 0.6 is 0 Å². The molecule has 1 aromatic heterocycles. The molecule has 0 saturated carbocycles. The lowest BCUT2D eigenvalue weighted by molar-refractivity contribution is -0.129. The van der Waals surface area contributed by atoms with Gasteiger partial charge in [-0.15, -0.1) is 0 Å². The molecule has 0 radical (unpaired) electrons. The second-order valence-corrected chi connectivity index (χ2v) is 7.16. The van der Waals surface area contributed by atoms with Gasteiger partial charge in [-0.2, -0.15) is 0 Å². The number of para-hydroxylation sites is 2. The predicted molar refractivity (Wildman–Crippen MR) is 116 cm³/mol. The Morgan fingerprint density at radius 3 is 2.34 bits per heavy atom. The summed E-state index contributed by atoms with van der Waals surface area (Å²) < 4.78 is 7.58. The molecule has 4 rings (SSSR count). The van der Waals surface area contributed by atoms with Crippen molar-refractivity contribution in [2.75, 3.05) is 0 Å². The number of carbonyl (C=O) groups is 1. The van der Waals surface area contributed by atoms with Crippen LogP contribution in [0.2, 0.25) is 0 Å². The number of imidazole rings is 1. The zero-order chi connectivity index (χ0) is 20.2. The highest BCUT2D eigenvalue weighted by atomic mass is 16.5. The van der Waals surface area contributed by atoms with E-state index in [4.69, 9.17) is 9.72 Å². The zero-order valence-electron chi connectivity index (χ0n) is 16.5. The molecule has 1 heterocycles. The van der Waals surface area contributed by atoms with Crippen molar-refractivity contribution in [1.29, 1.82) is 0 Å². The lowest BCUT2D eigenvalue weighted by Gasteiger charge is -2.10. The molecule has 29 heavy (non-hydrogen) atoms. The van der Waals surface area contributed by atoms with Crippen molar-refractivity contribution >= 4 is 17.0 Å². The van der Waals surface area contributed by atoms with Gasteiger partial charge in [0.25, 0.3) is 0 Å². The summed E-state index contributed by atoms with van der Waals surface area (Å²) in [5, 5.41) is 0. The molecule has 0 aliphatic rings. The zero-order valence-corrected chi connectivity index (χ0v) is 16.5. The van der Waals surface area contributed by atoms with E-state index < -0.39 is 0 Å². The first-order valence-electron chi connectivity index (χ1n) is 9.56. The summed E-state index contributed by atoms with van der Waals surface area (Å²) >= 11 is 0. The molecule has 4 aromatic rings. The van der Waals surface area contributed by atoms with Gasteiger partial charge < -0.3 is 9.30 Å². The number of allylic oxidation sites excluding steroid dienone is 1. The fourth-order valence-electron chi connectivity index (χ4n) is 3.28. The van der Waals surface area contributed by atoms with Crippen molar-refractivity contribution in [2.45, 2.75) is 20.4 Å². The Balaban J connectivity index is 1.69. The molecule has 0 spiro atoms. The van der Waals surface area contributed by atoms with Gasteiger partial charge in [0.05, 0.1) is 11.0 Å². The summed E-state index contributed by atoms with van der Waals surface area (Å²) in [5.74, 6) is 1.04. The van der Waals surface area contributed by atoms with Crippen molar-refractivity contribution in [3.05, 3.63) is 96.1 Å². The van der Waals surface area contributed by atoms with E-state index in [-0.39, 0.29) is 5.97 Å². The molecule has 0 aliphatic carbocycles. The molecule has 4 heteroatoms. The third kappa shape index (κ3) is 4.27. The topological polar surface area (TPSA) is 44.1 Å². The summed E-state index contributed by atoms with van der Waals surface area (Å²) in [6, 6.07) is 26.0. The maximum atomic E-state index is 11.8. The van der Waals surface area contributed by atoms with E-state index in [2.05, 4.69) is 22.8 Å². The third-order valence-electron chi connectivity index (χ3n) is 4.58. The third-order valence-corrected chi connectivity index (χ3v) is 4.58. The van der Waals surface area contributed by atoms with Gasteiger partial charge in [0.1, 0.15) is 11.6 Å². The van der Waals surface area contributed by atoms with Gasteiger partial charge in [-0.25, -0.2) is 9.78 Å². The molecule has 0 unspecified atom stereocenters. The van der Waals surface area contributed by atoms with E-state index in [1.807, 2.05) is 62.4 Å². The van der Waals surface area contributed by atoms with Gasteiger partial charge in [0.15, 0.2) is 0 Å². The molecule has 0 aliphatic heterocycles. The fraction of sp³-hybridized carbons (Fsp3) is 0.120. The van der Waals surface area contributed by atoms with E-state index in [0.717, 1.165) is 34.5 Å². The SMILES string of the molecule is CC(C)=CC(=O)Oc1ccc(-c2nc3ccccc3n2Cc2ccccc2)cc1. The molecule has 144 valence electrons. The standard InChI is InChI=1S/C25H22N2O2/c1-18(2)16-24(28)29-21-14-12-20(13-15-21)25-26-22-10-6-7-11-23(22)27(25)17-19-8-4-3-5-9-19/h3-16H,17H2,1-2H3. The number of carbonyl (C=O) groups excluding carboxylic acids is 1. The Morgan fingerprint density at radius 1 is 0.931 bits per heavy atom. The van der Waals surface area contributed by atoms with Crippen LogP contribution in [0.4, 0.5) is 0 Å². The average Bonchev–Trinajstić information content (AvgIpc) is 3.07. The number of esters is 1. The van der Waals surface area contributed by atoms with Crippen molar-refractivity contribution < 1.29 is 9.53 Å². The number of aromatic nitrogens is 2. The highest BCUT2D eigenvalue weighted by Gasteiger charge is 2.13. The Hall–Kier alpha value is -3.66.